The summed E-state index contributed by atoms with van der Waals surface area (Å²) in [6, 6.07) is 7.86. The number of aryl methyl sites for hydroxylation is 1. The van der Waals surface area contributed by atoms with Crippen LogP contribution < -0.4 is 10.7 Å². The molecule has 6 bridgehead atoms. The number of esters is 1. The van der Waals surface area contributed by atoms with E-state index in [9.17, 15) is 19.2 Å². The standard InChI is InChI=1S/C47H65N9O6S.5H2S/c1-11-55-38-17-16-30-22-33(38)34(42(55)32-14-12-19-48-40(32)29(4)61-10)24-47(5,6)27-62-45(59)35-15-13-20-56(51-35)44(58)36(23-39-49-37(30)26-63-39)50-43(57)41(28(2)3)53(9)46(60)54-21-18-31(25-54)52(7)8;;;;;/h12,14,16-17,19,22,26,28-29,31,35-36,41,51H,11,13,15,18,20-21,23-25,27H2,1-10H3,(H,50,57);5*1H2/t29-,31-,35-,36-,41-;;;;;/m0...../s1. The average Bonchev–Trinajstić information content (AvgIpc) is 4.02. The summed E-state index contributed by atoms with van der Waals surface area (Å²) in [5.41, 5.74) is 9.40. The fourth-order valence-corrected chi connectivity index (χ4v) is 10.3. The Balaban J connectivity index is 0.00000317. The van der Waals surface area contributed by atoms with Crippen LogP contribution in [0.15, 0.2) is 41.9 Å². The van der Waals surface area contributed by atoms with Gasteiger partial charge in [-0.3, -0.25) is 24.4 Å². The zero-order valence-electron chi connectivity index (χ0n) is 41.1. The van der Waals surface area contributed by atoms with Gasteiger partial charge in [0.15, 0.2) is 0 Å². The van der Waals surface area contributed by atoms with Crippen molar-refractivity contribution in [2.45, 2.75) is 110 Å². The number of urea groups is 1. The molecule has 0 unspecified atom stereocenters. The molecule has 0 radical (unpaired) electrons. The second kappa shape index (κ2) is 25.8. The highest BCUT2D eigenvalue weighted by atomic mass is 32.1. The molecule has 3 aliphatic rings. The van der Waals surface area contributed by atoms with Crippen LogP contribution in [0, 0.1) is 11.3 Å². The summed E-state index contributed by atoms with van der Waals surface area (Å²) in [7, 11) is 7.37. The lowest BCUT2D eigenvalue weighted by atomic mass is 9.84. The van der Waals surface area contributed by atoms with Crippen molar-refractivity contribution < 1.29 is 28.7 Å². The van der Waals surface area contributed by atoms with Gasteiger partial charge in [-0.25, -0.2) is 15.2 Å². The molecular weight excluding hydrogens is 979 g/mol. The summed E-state index contributed by atoms with van der Waals surface area (Å²) >= 11 is 1.43. The Morgan fingerprint density at radius 2 is 1.76 bits per heavy atom. The fourth-order valence-electron chi connectivity index (χ4n) is 9.43. The first kappa shape index (κ1) is 61.0. The number of likely N-dealkylation sites (N-methyl/N-ethyl adjacent to an activating group) is 2. The third-order valence-electron chi connectivity index (χ3n) is 12.9. The summed E-state index contributed by atoms with van der Waals surface area (Å²) in [4.78, 5) is 72.0. The van der Waals surface area contributed by atoms with E-state index in [0.29, 0.717) is 50.4 Å². The number of aromatic nitrogens is 3. The third-order valence-corrected chi connectivity index (χ3v) is 13.8. The van der Waals surface area contributed by atoms with Crippen LogP contribution in [-0.2, 0) is 43.2 Å². The lowest BCUT2D eigenvalue weighted by Crippen LogP contribution is -2.62. The molecular formula is C47H75N9O6S6. The van der Waals surface area contributed by atoms with Crippen molar-refractivity contribution in [3.05, 3.63) is 58.2 Å². The Bertz CT molecular complexity index is 2340. The summed E-state index contributed by atoms with van der Waals surface area (Å²) in [6.07, 6.45) is 4.16. The number of thiazole rings is 1. The quantitative estimate of drug-likeness (QED) is 0.178. The monoisotopic (exact) mass is 1050 g/mol. The van der Waals surface area contributed by atoms with Gasteiger partial charge in [0.1, 0.15) is 18.1 Å². The first-order valence-electron chi connectivity index (χ1n) is 22.3. The Hall–Kier alpha value is -3.15. The van der Waals surface area contributed by atoms with E-state index < -0.39 is 35.4 Å². The predicted molar refractivity (Wildman–Crippen MR) is 297 cm³/mol. The molecule has 4 amide bonds. The Morgan fingerprint density at radius 3 is 2.41 bits per heavy atom. The van der Waals surface area contributed by atoms with Gasteiger partial charge in [-0.15, -0.1) is 11.3 Å². The van der Waals surface area contributed by atoms with Crippen molar-refractivity contribution in [2.24, 2.45) is 11.3 Å². The minimum Gasteiger partial charge on any atom is -0.464 e. The number of rotatable bonds is 9. The van der Waals surface area contributed by atoms with Crippen LogP contribution in [0.25, 0.3) is 33.4 Å². The number of ether oxygens (including phenoxy) is 2. The van der Waals surface area contributed by atoms with Crippen molar-refractivity contribution >= 4 is 114 Å². The van der Waals surface area contributed by atoms with Gasteiger partial charge in [-0.05, 0) is 89.4 Å². The molecule has 15 nitrogen and oxygen atoms in total. The summed E-state index contributed by atoms with van der Waals surface area (Å²) in [5, 5.41) is 8.23. The largest absolute Gasteiger partial charge is 0.464 e. The van der Waals surface area contributed by atoms with Crippen LogP contribution in [0.4, 0.5) is 4.79 Å². The summed E-state index contributed by atoms with van der Waals surface area (Å²) < 4.78 is 14.2. The fraction of sp³-hybridized carbons (Fsp3) is 0.574. The van der Waals surface area contributed by atoms with Crippen molar-refractivity contribution in [1.82, 2.24) is 45.0 Å². The molecule has 3 aliphatic heterocycles. The number of amides is 4. The van der Waals surface area contributed by atoms with Gasteiger partial charge >= 0.3 is 12.0 Å². The molecule has 2 saturated heterocycles. The van der Waals surface area contributed by atoms with Crippen molar-refractivity contribution in [3.8, 4) is 22.5 Å². The van der Waals surface area contributed by atoms with E-state index in [-0.39, 0.29) is 111 Å². The Kier molecular flexibility index (Phi) is 23.1. The van der Waals surface area contributed by atoms with E-state index >= 15 is 0 Å². The Labute approximate surface area is 441 Å². The van der Waals surface area contributed by atoms with Crippen LogP contribution in [0.5, 0.6) is 0 Å². The highest BCUT2D eigenvalue weighted by Crippen LogP contribution is 2.42. The molecule has 380 valence electrons. The molecule has 7 rings (SSSR count). The van der Waals surface area contributed by atoms with Gasteiger partial charge in [0.05, 0.1) is 34.8 Å². The third kappa shape index (κ3) is 13.0. The van der Waals surface area contributed by atoms with Gasteiger partial charge in [0, 0.05) is 91.8 Å². The molecule has 21 heteroatoms. The second-order valence-electron chi connectivity index (χ2n) is 18.7. The van der Waals surface area contributed by atoms with Crippen molar-refractivity contribution in [3.63, 3.8) is 0 Å². The number of likely N-dealkylation sites (tertiary alicyclic amines) is 1. The Morgan fingerprint density at radius 1 is 1.04 bits per heavy atom. The van der Waals surface area contributed by atoms with Crippen LogP contribution in [-0.4, -0.2) is 137 Å². The average molecular weight is 1050 g/mol. The second-order valence-corrected chi connectivity index (χ2v) is 19.6. The summed E-state index contributed by atoms with van der Waals surface area (Å²) in [5.74, 6) is -1.50. The molecule has 0 saturated carbocycles. The normalized spacial score (nSPS) is 20.1. The number of pyridine rings is 1. The molecule has 0 aliphatic carbocycles. The number of methoxy groups -OCH3 is 1. The molecule has 1 aromatic carbocycles. The number of fused-ring (bicyclic) bond motifs is 6. The lowest BCUT2D eigenvalue weighted by Gasteiger charge is -2.37. The first-order valence-corrected chi connectivity index (χ1v) is 23.2. The molecule has 6 heterocycles. The predicted octanol–water partition coefficient (Wildman–Crippen LogP) is 6.48. The van der Waals surface area contributed by atoms with E-state index in [1.165, 1.54) is 21.2 Å². The maximum atomic E-state index is 14.6. The number of carbonyl (C=O) groups excluding carboxylic acids is 4. The van der Waals surface area contributed by atoms with Gasteiger partial charge in [0.2, 0.25) is 5.91 Å². The van der Waals surface area contributed by atoms with Crippen LogP contribution in [0.2, 0.25) is 0 Å². The first-order chi connectivity index (χ1) is 30.0. The zero-order chi connectivity index (χ0) is 45.3. The molecule has 2 N–H and O–H groups in total. The molecule has 3 aromatic heterocycles. The SMILES string of the molecule is CCn1c(-c2cccnc2[C@H](C)OC)c2c3cc(ccc31)-c1csc(n1)C[C@H](NC(=O)[C@H](C(C)C)N(C)C(=O)N1CC[C@H](N(C)C)C1)C(=O)N1CCC[C@H](N1)C(=O)OCC(C)(C)C2.S.S.S.S.S. The smallest absolute Gasteiger partial charge is 0.324 e. The van der Waals surface area contributed by atoms with E-state index in [0.717, 1.165) is 51.1 Å². The zero-order valence-corrected chi connectivity index (χ0v) is 46.9. The van der Waals surface area contributed by atoms with Crippen molar-refractivity contribution in [1.29, 1.82) is 0 Å². The number of hydrogen-bond acceptors (Lipinski definition) is 11. The number of benzene rings is 1. The molecule has 0 spiro atoms. The number of hydrazine groups is 1. The lowest BCUT2D eigenvalue weighted by molar-refractivity contribution is -0.155. The minimum absolute atomic E-state index is 0. The van der Waals surface area contributed by atoms with Gasteiger partial charge in [0.25, 0.3) is 5.91 Å². The van der Waals surface area contributed by atoms with Gasteiger partial charge in [-0.1, -0.05) is 33.8 Å². The number of nitrogens with one attached hydrogen (secondary N) is 2. The number of nitrogens with zero attached hydrogens (tertiary/aromatic N) is 7. The van der Waals surface area contributed by atoms with Gasteiger partial charge in [-0.2, -0.15) is 67.5 Å². The van der Waals surface area contributed by atoms with Crippen molar-refractivity contribution in [2.75, 3.05) is 54.5 Å². The maximum absolute atomic E-state index is 14.6. The van der Waals surface area contributed by atoms with E-state index in [2.05, 4.69) is 65.2 Å². The highest BCUT2D eigenvalue weighted by Gasteiger charge is 2.40. The molecule has 68 heavy (non-hydrogen) atoms. The minimum atomic E-state index is -1.04. The molecule has 4 aromatic rings. The number of carbonyl (C=O) groups is 4. The van der Waals surface area contributed by atoms with E-state index in [1.54, 1.807) is 25.3 Å². The van der Waals surface area contributed by atoms with Crippen LogP contribution >= 0.6 is 78.8 Å². The number of hydrogen-bond donors (Lipinski definition) is 2. The maximum Gasteiger partial charge on any atom is 0.324 e. The van der Waals surface area contributed by atoms with E-state index in [4.69, 9.17) is 19.4 Å². The highest BCUT2D eigenvalue weighted by molar-refractivity contribution is 7.60. The molecule has 2 fully saturated rings. The topological polar surface area (TPSA) is 154 Å². The van der Waals surface area contributed by atoms with E-state index in [1.807, 2.05) is 46.3 Å². The van der Waals surface area contributed by atoms with Gasteiger partial charge < -0.3 is 34.1 Å². The van der Waals surface area contributed by atoms with Crippen LogP contribution in [0.3, 0.4) is 0 Å². The number of cyclic esters (lactones) is 1. The summed E-state index contributed by atoms with van der Waals surface area (Å²) in [6.45, 7) is 14.5. The van der Waals surface area contributed by atoms with Crippen LogP contribution in [0.1, 0.15) is 83.2 Å². The molecule has 5 atom stereocenters.